The lowest BCUT2D eigenvalue weighted by Crippen LogP contribution is -2.40. The number of carboxylic acid groups (broad SMARTS) is 1. The largest absolute Gasteiger partial charge is 0.480 e. The molecule has 1 amide bonds. The van der Waals surface area contributed by atoms with Crippen molar-refractivity contribution in [2.45, 2.75) is 45.7 Å². The van der Waals surface area contributed by atoms with Gasteiger partial charge in [-0.15, -0.1) is 0 Å². The number of benzene rings is 2. The summed E-state index contributed by atoms with van der Waals surface area (Å²) in [5.74, 6) is -1.60. The highest BCUT2D eigenvalue weighted by atomic mass is 32.2. The van der Waals surface area contributed by atoms with Crippen LogP contribution in [0, 0.1) is 5.41 Å². The van der Waals surface area contributed by atoms with Crippen molar-refractivity contribution in [3.8, 4) is 0 Å². The van der Waals surface area contributed by atoms with E-state index in [2.05, 4.69) is 24.5 Å². The first-order valence-corrected chi connectivity index (χ1v) is 12.1. The van der Waals surface area contributed by atoms with E-state index in [0.717, 1.165) is 23.1 Å². The lowest BCUT2D eigenvalue weighted by molar-refractivity contribution is -0.141. The second-order valence-electron chi connectivity index (χ2n) is 9.50. The van der Waals surface area contributed by atoms with Gasteiger partial charge in [-0.05, 0) is 67.1 Å². The van der Waals surface area contributed by atoms with E-state index in [0.29, 0.717) is 12.1 Å². The van der Waals surface area contributed by atoms with Crippen LogP contribution in [0.15, 0.2) is 42.5 Å². The van der Waals surface area contributed by atoms with Crippen LogP contribution in [0.1, 0.15) is 55.2 Å². The molecular weight excluding hydrogens is 430 g/mol. The molecule has 2 aromatic carbocycles. The first-order valence-electron chi connectivity index (χ1n) is 10.2. The molecule has 1 atom stereocenters. The molecule has 172 valence electrons. The van der Waals surface area contributed by atoms with E-state index in [1.165, 1.54) is 0 Å². The third kappa shape index (κ3) is 5.21. The summed E-state index contributed by atoms with van der Waals surface area (Å²) in [7, 11) is -3.64. The number of anilines is 2. The van der Waals surface area contributed by atoms with Gasteiger partial charge in [0, 0.05) is 16.9 Å². The molecule has 0 saturated heterocycles. The molecule has 1 aliphatic rings. The molecule has 32 heavy (non-hydrogen) atoms. The predicted octanol–water partition coefficient (Wildman–Crippen LogP) is 3.39. The molecule has 0 aliphatic carbocycles. The number of carbonyl (C=O) groups excluding carboxylic acids is 1. The summed E-state index contributed by atoms with van der Waals surface area (Å²) in [6.45, 7) is 7.44. The standard InChI is InChI=1S/C23H29N3O5S/c1-22(2)13-16-11-15(20(27)26-32(5,30)31)9-10-18(16)24-19(22)14-7-6-8-17(12-14)25-23(3,4)21(28)29/h6-12,19,24-25H,13H2,1-5H3,(H,26,27)(H,28,29). The molecule has 0 fully saturated rings. The number of sulfonamides is 1. The van der Waals surface area contributed by atoms with Crippen molar-refractivity contribution in [2.75, 3.05) is 16.9 Å². The number of nitrogens with one attached hydrogen (secondary N) is 3. The fraction of sp³-hybridized carbons (Fsp3) is 0.391. The van der Waals surface area contributed by atoms with Gasteiger partial charge in [0.15, 0.2) is 0 Å². The third-order valence-electron chi connectivity index (χ3n) is 5.58. The van der Waals surface area contributed by atoms with E-state index in [1.54, 1.807) is 32.0 Å². The second kappa shape index (κ2) is 8.12. The molecule has 0 spiro atoms. The normalized spacial score (nSPS) is 17.6. The summed E-state index contributed by atoms with van der Waals surface area (Å²) in [4.78, 5) is 23.7. The molecule has 8 nitrogen and oxygen atoms in total. The quantitative estimate of drug-likeness (QED) is 0.522. The van der Waals surface area contributed by atoms with Gasteiger partial charge in [-0.25, -0.2) is 17.9 Å². The summed E-state index contributed by atoms with van der Waals surface area (Å²) in [6.07, 6.45) is 1.61. The van der Waals surface area contributed by atoms with E-state index in [4.69, 9.17) is 0 Å². The smallest absolute Gasteiger partial charge is 0.328 e. The number of carboxylic acids is 1. The molecule has 1 aliphatic heterocycles. The highest BCUT2D eigenvalue weighted by Gasteiger charge is 2.36. The highest BCUT2D eigenvalue weighted by Crippen LogP contribution is 2.45. The van der Waals surface area contributed by atoms with Gasteiger partial charge >= 0.3 is 5.97 Å². The Morgan fingerprint density at radius 2 is 1.84 bits per heavy atom. The Kier molecular flexibility index (Phi) is 5.99. The summed E-state index contributed by atoms with van der Waals surface area (Å²) < 4.78 is 24.7. The molecule has 0 aromatic heterocycles. The maximum absolute atomic E-state index is 12.2. The van der Waals surface area contributed by atoms with E-state index in [1.807, 2.05) is 29.0 Å². The predicted molar refractivity (Wildman–Crippen MR) is 124 cm³/mol. The minimum atomic E-state index is -3.64. The maximum Gasteiger partial charge on any atom is 0.328 e. The van der Waals surface area contributed by atoms with Crippen molar-refractivity contribution in [3.63, 3.8) is 0 Å². The molecule has 1 heterocycles. The van der Waals surface area contributed by atoms with Crippen molar-refractivity contribution < 1.29 is 23.1 Å². The molecular formula is C23H29N3O5S. The average molecular weight is 460 g/mol. The molecule has 0 radical (unpaired) electrons. The van der Waals surface area contributed by atoms with Crippen LogP contribution in [0.25, 0.3) is 0 Å². The minimum absolute atomic E-state index is 0.0552. The Labute approximate surface area is 188 Å². The average Bonchev–Trinajstić information content (AvgIpc) is 2.64. The van der Waals surface area contributed by atoms with Crippen molar-refractivity contribution >= 4 is 33.3 Å². The number of amides is 1. The minimum Gasteiger partial charge on any atom is -0.480 e. The van der Waals surface area contributed by atoms with Crippen LogP contribution in [0.3, 0.4) is 0 Å². The Balaban J connectivity index is 1.89. The number of fused-ring (bicyclic) bond motifs is 1. The van der Waals surface area contributed by atoms with Gasteiger partial charge < -0.3 is 15.7 Å². The molecule has 3 rings (SSSR count). The SMILES string of the molecule is CC(C)(Nc1cccc(C2Nc3ccc(C(=O)NS(C)(=O)=O)cc3CC2(C)C)c1)C(=O)O. The molecule has 0 saturated carbocycles. The summed E-state index contributed by atoms with van der Waals surface area (Å²) >= 11 is 0. The van der Waals surface area contributed by atoms with Crippen molar-refractivity contribution in [3.05, 3.63) is 59.2 Å². The van der Waals surface area contributed by atoms with Gasteiger partial charge in [0.2, 0.25) is 10.0 Å². The van der Waals surface area contributed by atoms with Crippen LogP contribution >= 0.6 is 0 Å². The maximum atomic E-state index is 12.2. The van der Waals surface area contributed by atoms with Crippen LogP contribution in [0.2, 0.25) is 0 Å². The van der Waals surface area contributed by atoms with Gasteiger partial charge in [-0.2, -0.15) is 0 Å². The van der Waals surface area contributed by atoms with E-state index < -0.39 is 27.4 Å². The molecule has 1 unspecified atom stereocenters. The molecule has 2 aromatic rings. The third-order valence-corrected chi connectivity index (χ3v) is 6.14. The number of rotatable bonds is 6. The lowest BCUT2D eigenvalue weighted by atomic mass is 9.72. The fourth-order valence-corrected chi connectivity index (χ4v) is 4.39. The van der Waals surface area contributed by atoms with Crippen LogP contribution in [-0.4, -0.2) is 37.2 Å². The van der Waals surface area contributed by atoms with Gasteiger partial charge in [0.1, 0.15) is 5.54 Å². The zero-order chi connectivity index (χ0) is 23.9. The van der Waals surface area contributed by atoms with Crippen LogP contribution in [0.4, 0.5) is 11.4 Å². The summed E-state index contributed by atoms with van der Waals surface area (Å²) in [6, 6.07) is 12.7. The van der Waals surface area contributed by atoms with Gasteiger partial charge in [0.25, 0.3) is 5.91 Å². The summed E-state index contributed by atoms with van der Waals surface area (Å²) in [5, 5.41) is 16.0. The first kappa shape index (κ1) is 23.6. The molecule has 4 N–H and O–H groups in total. The Bertz CT molecular complexity index is 1170. The molecule has 9 heteroatoms. The topological polar surface area (TPSA) is 125 Å². The number of hydrogen-bond donors (Lipinski definition) is 4. The number of carbonyl (C=O) groups is 2. The van der Waals surface area contributed by atoms with Crippen LogP contribution in [0.5, 0.6) is 0 Å². The van der Waals surface area contributed by atoms with Crippen LogP contribution < -0.4 is 15.4 Å². The van der Waals surface area contributed by atoms with Crippen LogP contribution in [-0.2, 0) is 21.2 Å². The summed E-state index contributed by atoms with van der Waals surface area (Å²) in [5.41, 5.74) is 2.45. The van der Waals surface area contributed by atoms with Crippen molar-refractivity contribution in [2.24, 2.45) is 5.41 Å². The Morgan fingerprint density at radius 1 is 1.16 bits per heavy atom. The van der Waals surface area contributed by atoms with Gasteiger partial charge in [-0.3, -0.25) is 4.79 Å². The first-order chi connectivity index (χ1) is 14.7. The Hall–Kier alpha value is -3.07. The zero-order valence-corrected chi connectivity index (χ0v) is 19.6. The highest BCUT2D eigenvalue weighted by molar-refractivity contribution is 7.89. The van der Waals surface area contributed by atoms with E-state index in [-0.39, 0.29) is 17.0 Å². The number of aliphatic carboxylic acids is 1. The fourth-order valence-electron chi connectivity index (χ4n) is 3.94. The molecule has 0 bridgehead atoms. The van der Waals surface area contributed by atoms with Gasteiger partial charge in [-0.1, -0.05) is 26.0 Å². The van der Waals surface area contributed by atoms with Gasteiger partial charge in [0.05, 0.1) is 12.3 Å². The Morgan fingerprint density at radius 3 is 2.47 bits per heavy atom. The second-order valence-corrected chi connectivity index (χ2v) is 11.2. The number of hydrogen-bond acceptors (Lipinski definition) is 6. The monoisotopic (exact) mass is 459 g/mol. The van der Waals surface area contributed by atoms with E-state index >= 15 is 0 Å². The van der Waals surface area contributed by atoms with E-state index in [9.17, 15) is 23.1 Å². The lowest BCUT2D eigenvalue weighted by Gasteiger charge is -2.41. The zero-order valence-electron chi connectivity index (χ0n) is 18.8. The van der Waals surface area contributed by atoms with Crippen molar-refractivity contribution in [1.82, 2.24) is 4.72 Å². The van der Waals surface area contributed by atoms with Crippen molar-refractivity contribution in [1.29, 1.82) is 0 Å².